The summed E-state index contributed by atoms with van der Waals surface area (Å²) in [5.74, 6) is 0.0427. The van der Waals surface area contributed by atoms with Crippen molar-refractivity contribution in [2.24, 2.45) is 11.8 Å². The summed E-state index contributed by atoms with van der Waals surface area (Å²) in [6.45, 7) is 4.74. The zero-order valence-electron chi connectivity index (χ0n) is 16.0. The van der Waals surface area contributed by atoms with Crippen LogP contribution in [0.5, 0.6) is 0 Å². The van der Waals surface area contributed by atoms with Gasteiger partial charge in [-0.15, -0.1) is 0 Å². The summed E-state index contributed by atoms with van der Waals surface area (Å²) >= 11 is 0. The summed E-state index contributed by atoms with van der Waals surface area (Å²) in [4.78, 5) is 11.5. The van der Waals surface area contributed by atoms with Crippen LogP contribution in [0, 0.1) is 11.8 Å². The lowest BCUT2D eigenvalue weighted by molar-refractivity contribution is -0.158. The maximum absolute atomic E-state index is 13.5. The van der Waals surface area contributed by atoms with E-state index in [-0.39, 0.29) is 30.3 Å². The molecule has 4 unspecified atom stereocenters. The Hall–Kier alpha value is -1.19. The van der Waals surface area contributed by atoms with E-state index in [9.17, 15) is 22.4 Å². The van der Waals surface area contributed by atoms with E-state index >= 15 is 0 Å². The Morgan fingerprint density at radius 3 is 2.54 bits per heavy atom. The van der Waals surface area contributed by atoms with Crippen LogP contribution >= 0.6 is 0 Å². The number of hydrogen-bond acceptors (Lipinski definition) is 4. The zero-order chi connectivity index (χ0) is 20.3. The van der Waals surface area contributed by atoms with Gasteiger partial charge < -0.3 is 10.6 Å². The van der Waals surface area contributed by atoms with E-state index in [4.69, 9.17) is 0 Å². The van der Waals surface area contributed by atoms with Crippen LogP contribution in [0.25, 0.3) is 0 Å². The molecule has 2 saturated heterocycles. The van der Waals surface area contributed by atoms with Gasteiger partial charge in [-0.2, -0.15) is 13.2 Å². The molecule has 3 aliphatic rings. The van der Waals surface area contributed by atoms with Gasteiger partial charge in [-0.05, 0) is 50.5 Å². The molecule has 0 radical (unpaired) electrons. The number of piperidine rings is 1. The smallest absolute Gasteiger partial charge is 0.352 e. The zero-order valence-corrected chi connectivity index (χ0v) is 16.0. The predicted octanol–water partition coefficient (Wildman–Crippen LogP) is 2.30. The molecule has 160 valence electrons. The maximum Gasteiger partial charge on any atom is 0.405 e. The number of alkyl halides is 4. The molecule has 3 fully saturated rings. The molecule has 3 N–H and O–H groups in total. The molecule has 0 aromatic rings. The van der Waals surface area contributed by atoms with E-state index in [1.807, 2.05) is 0 Å². The van der Waals surface area contributed by atoms with Gasteiger partial charge in [-0.1, -0.05) is 6.58 Å². The molecule has 1 saturated carbocycles. The first-order valence-electron chi connectivity index (χ1n) is 10.1. The van der Waals surface area contributed by atoms with Gasteiger partial charge in [0.05, 0.1) is 0 Å². The first-order valence-corrected chi connectivity index (χ1v) is 10.1. The fourth-order valence-electron chi connectivity index (χ4n) is 4.80. The minimum Gasteiger partial charge on any atom is -0.352 e. The van der Waals surface area contributed by atoms with Crippen molar-refractivity contribution in [3.8, 4) is 0 Å². The quantitative estimate of drug-likeness (QED) is 0.485. The van der Waals surface area contributed by atoms with Crippen molar-refractivity contribution in [1.82, 2.24) is 21.1 Å². The van der Waals surface area contributed by atoms with E-state index < -0.39 is 18.4 Å². The molecule has 0 bridgehead atoms. The maximum atomic E-state index is 13.5. The number of nitrogens with zero attached hydrogens (tertiary/aromatic N) is 1. The van der Waals surface area contributed by atoms with Crippen molar-refractivity contribution in [2.75, 3.05) is 19.6 Å². The van der Waals surface area contributed by atoms with E-state index in [1.54, 1.807) is 5.01 Å². The second-order valence-corrected chi connectivity index (χ2v) is 8.24. The topological polar surface area (TPSA) is 56.4 Å². The summed E-state index contributed by atoms with van der Waals surface area (Å²) in [5.41, 5.74) is 2.65. The van der Waals surface area contributed by atoms with E-state index in [2.05, 4.69) is 22.6 Å². The summed E-state index contributed by atoms with van der Waals surface area (Å²) in [5, 5.41) is 8.01. The Labute approximate surface area is 163 Å². The molecule has 1 aliphatic carbocycles. The van der Waals surface area contributed by atoms with Gasteiger partial charge >= 0.3 is 6.18 Å². The van der Waals surface area contributed by atoms with Gasteiger partial charge in [0.2, 0.25) is 5.91 Å². The Morgan fingerprint density at radius 1 is 1.21 bits per heavy atom. The lowest BCUT2D eigenvalue weighted by atomic mass is 9.77. The van der Waals surface area contributed by atoms with Crippen LogP contribution in [-0.2, 0) is 4.79 Å². The second-order valence-electron chi connectivity index (χ2n) is 8.24. The molecule has 0 aromatic carbocycles. The standard InChI is InChI=1S/C19H30F4N4O/c1-2-18(28)25-11-13-10-24-15(12-3-5-14(20)6-4-12)9-16(13)27-8-7-17(26-27)19(21,22)23/h2,12-17,24,26H,1,3-11H2,(H,25,28). The molecule has 4 atom stereocenters. The molecule has 9 heteroatoms. The highest BCUT2D eigenvalue weighted by atomic mass is 19.4. The molecule has 0 spiro atoms. The Kier molecular flexibility index (Phi) is 6.98. The van der Waals surface area contributed by atoms with Crippen molar-refractivity contribution in [3.63, 3.8) is 0 Å². The van der Waals surface area contributed by atoms with Gasteiger partial charge in [-0.25, -0.2) is 14.8 Å². The summed E-state index contributed by atoms with van der Waals surface area (Å²) in [7, 11) is 0. The number of rotatable bonds is 5. The largest absolute Gasteiger partial charge is 0.405 e. The van der Waals surface area contributed by atoms with Crippen LogP contribution < -0.4 is 16.1 Å². The van der Waals surface area contributed by atoms with Crippen LogP contribution in [-0.4, -0.2) is 61.0 Å². The van der Waals surface area contributed by atoms with E-state index in [0.29, 0.717) is 44.8 Å². The molecular weight excluding hydrogens is 376 g/mol. The fourth-order valence-corrected chi connectivity index (χ4v) is 4.80. The average molecular weight is 406 g/mol. The third-order valence-electron chi connectivity index (χ3n) is 6.45. The minimum atomic E-state index is -4.27. The number of hydrazine groups is 1. The molecule has 28 heavy (non-hydrogen) atoms. The molecule has 2 aliphatic heterocycles. The number of carbonyl (C=O) groups excluding carboxylic acids is 1. The molecule has 0 aromatic heterocycles. The van der Waals surface area contributed by atoms with E-state index in [1.165, 1.54) is 6.08 Å². The van der Waals surface area contributed by atoms with Gasteiger partial charge in [-0.3, -0.25) is 4.79 Å². The highest BCUT2D eigenvalue weighted by molar-refractivity contribution is 5.86. The Balaban J connectivity index is 1.66. The number of nitrogens with one attached hydrogen (secondary N) is 3. The molecule has 1 amide bonds. The number of carbonyl (C=O) groups is 1. The van der Waals surface area contributed by atoms with Crippen LogP contribution in [0.4, 0.5) is 17.6 Å². The monoisotopic (exact) mass is 406 g/mol. The Morgan fingerprint density at radius 2 is 1.93 bits per heavy atom. The molecule has 3 rings (SSSR count). The highest BCUT2D eigenvalue weighted by Gasteiger charge is 2.47. The van der Waals surface area contributed by atoms with Crippen LogP contribution in [0.1, 0.15) is 38.5 Å². The summed E-state index contributed by atoms with van der Waals surface area (Å²) in [6.07, 6.45) is -0.362. The predicted molar refractivity (Wildman–Crippen MR) is 98.0 cm³/mol. The number of hydrogen-bond donors (Lipinski definition) is 3. The molecular formula is C19H30F4N4O. The average Bonchev–Trinajstić information content (AvgIpc) is 3.17. The van der Waals surface area contributed by atoms with Crippen molar-refractivity contribution in [3.05, 3.63) is 12.7 Å². The van der Waals surface area contributed by atoms with Crippen LogP contribution in [0.3, 0.4) is 0 Å². The lowest BCUT2D eigenvalue weighted by Gasteiger charge is -2.45. The van der Waals surface area contributed by atoms with Crippen molar-refractivity contribution < 1.29 is 22.4 Å². The van der Waals surface area contributed by atoms with Crippen molar-refractivity contribution in [2.45, 2.75) is 69.0 Å². The van der Waals surface area contributed by atoms with E-state index in [0.717, 1.165) is 12.8 Å². The second kappa shape index (κ2) is 9.09. The SMILES string of the molecule is C=CC(=O)NCC1CNC(C2CCC(F)CC2)CC1N1CCC(C(F)(F)F)N1. The van der Waals surface area contributed by atoms with Crippen molar-refractivity contribution >= 4 is 5.91 Å². The summed E-state index contributed by atoms with van der Waals surface area (Å²) < 4.78 is 52.8. The van der Waals surface area contributed by atoms with Crippen molar-refractivity contribution in [1.29, 1.82) is 0 Å². The summed E-state index contributed by atoms with van der Waals surface area (Å²) in [6, 6.07) is -1.48. The number of halogens is 4. The normalized spacial score (nSPS) is 37.6. The van der Waals surface area contributed by atoms with Gasteiger partial charge in [0.15, 0.2) is 0 Å². The van der Waals surface area contributed by atoms with Crippen LogP contribution in [0.2, 0.25) is 0 Å². The Bertz CT molecular complexity index is 551. The third kappa shape index (κ3) is 5.24. The molecule has 5 nitrogen and oxygen atoms in total. The highest BCUT2D eigenvalue weighted by Crippen LogP contribution is 2.35. The minimum absolute atomic E-state index is 0.0165. The third-order valence-corrected chi connectivity index (χ3v) is 6.45. The van der Waals surface area contributed by atoms with Gasteiger partial charge in [0, 0.05) is 37.6 Å². The molecule has 2 heterocycles. The van der Waals surface area contributed by atoms with Crippen LogP contribution in [0.15, 0.2) is 12.7 Å². The lowest BCUT2D eigenvalue weighted by Crippen LogP contribution is -2.60. The first-order chi connectivity index (χ1) is 13.3. The van der Waals surface area contributed by atoms with Gasteiger partial charge in [0.1, 0.15) is 12.2 Å². The first kappa shape index (κ1) is 21.5. The fraction of sp³-hybridized carbons (Fsp3) is 0.842. The number of amides is 1. The van der Waals surface area contributed by atoms with Gasteiger partial charge in [0.25, 0.3) is 0 Å².